The topological polar surface area (TPSA) is 94.3 Å². The molecule has 0 bridgehead atoms. The van der Waals surface area contributed by atoms with Gasteiger partial charge in [-0.25, -0.2) is 9.78 Å². The Kier molecular flexibility index (Phi) is 5.87. The van der Waals surface area contributed by atoms with E-state index >= 15 is 0 Å². The van der Waals surface area contributed by atoms with Gasteiger partial charge in [0.15, 0.2) is 0 Å². The number of nitrogens with zero attached hydrogens (tertiary/aromatic N) is 1. The fraction of sp³-hybridized carbons (Fsp3) is 0.269. The van der Waals surface area contributed by atoms with Gasteiger partial charge in [0.05, 0.1) is 18.4 Å². The molecular formula is C26H25N3O3S2. The number of ether oxygens (including phenoxy) is 1. The smallest absolute Gasteiger partial charge is 0.341 e. The van der Waals surface area contributed by atoms with Gasteiger partial charge in [-0.05, 0) is 61.8 Å². The summed E-state index contributed by atoms with van der Waals surface area (Å²) in [5.41, 5.74) is 11.4. The van der Waals surface area contributed by atoms with E-state index in [9.17, 15) is 9.59 Å². The first kappa shape index (κ1) is 22.6. The Hall–Kier alpha value is -3.23. The van der Waals surface area contributed by atoms with E-state index in [1.54, 1.807) is 0 Å². The van der Waals surface area contributed by atoms with E-state index in [2.05, 4.69) is 34.6 Å². The standard InChI is InChI=1S/C26H25N3O3S2/c1-13-11-14(2)28-24-19(13)21(27)22(34-24)23(30)29-25-20(26(31)32-3)17-10-9-16(12-18(17)33-25)15-7-5-4-6-8-15/h4-8,11,16H,9-10,12,27H2,1-3H3,(H,29,30). The highest BCUT2D eigenvalue weighted by Crippen LogP contribution is 2.43. The lowest BCUT2D eigenvalue weighted by Gasteiger charge is -2.22. The number of benzene rings is 1. The molecule has 5 rings (SSSR count). The van der Waals surface area contributed by atoms with Crippen molar-refractivity contribution in [2.45, 2.75) is 39.0 Å². The second kappa shape index (κ2) is 8.85. The van der Waals surface area contributed by atoms with Crippen molar-refractivity contribution in [1.82, 2.24) is 4.98 Å². The number of esters is 1. The number of nitrogens with two attached hydrogens (primary N) is 1. The van der Waals surface area contributed by atoms with E-state index in [0.717, 1.165) is 51.2 Å². The van der Waals surface area contributed by atoms with Crippen LogP contribution in [0, 0.1) is 13.8 Å². The number of hydrogen-bond acceptors (Lipinski definition) is 7. The first-order valence-corrected chi connectivity index (χ1v) is 12.8. The van der Waals surface area contributed by atoms with E-state index < -0.39 is 5.97 Å². The van der Waals surface area contributed by atoms with Crippen LogP contribution in [-0.4, -0.2) is 24.0 Å². The van der Waals surface area contributed by atoms with Gasteiger partial charge in [0, 0.05) is 16.0 Å². The molecule has 0 radical (unpaired) electrons. The minimum Gasteiger partial charge on any atom is -0.465 e. The lowest BCUT2D eigenvalue weighted by molar-refractivity contribution is 0.0601. The van der Waals surface area contributed by atoms with E-state index in [-0.39, 0.29) is 5.91 Å². The zero-order valence-corrected chi connectivity index (χ0v) is 20.9. The van der Waals surface area contributed by atoms with E-state index in [0.29, 0.717) is 27.0 Å². The Labute approximate surface area is 205 Å². The first-order valence-electron chi connectivity index (χ1n) is 11.1. The molecule has 34 heavy (non-hydrogen) atoms. The third-order valence-electron chi connectivity index (χ3n) is 6.38. The number of carbonyl (C=O) groups excluding carboxylic acids is 2. The highest BCUT2D eigenvalue weighted by atomic mass is 32.1. The molecule has 174 valence electrons. The number of aromatic nitrogens is 1. The molecule has 1 aromatic carbocycles. The van der Waals surface area contributed by atoms with Gasteiger partial charge in [-0.1, -0.05) is 30.3 Å². The van der Waals surface area contributed by atoms with Crippen LogP contribution in [0.3, 0.4) is 0 Å². The van der Waals surface area contributed by atoms with E-state index in [4.69, 9.17) is 10.5 Å². The Morgan fingerprint density at radius 3 is 2.68 bits per heavy atom. The van der Waals surface area contributed by atoms with Crippen LogP contribution in [-0.2, 0) is 17.6 Å². The van der Waals surface area contributed by atoms with Crippen molar-refractivity contribution >= 4 is 55.5 Å². The predicted octanol–water partition coefficient (Wildman–Crippen LogP) is 5.87. The van der Waals surface area contributed by atoms with E-state index in [1.165, 1.54) is 35.3 Å². The normalized spacial score (nSPS) is 15.2. The summed E-state index contributed by atoms with van der Waals surface area (Å²) in [6, 6.07) is 12.4. The molecular weight excluding hydrogens is 466 g/mol. The number of nitrogen functional groups attached to an aromatic ring is 1. The van der Waals surface area contributed by atoms with Gasteiger partial charge in [-0.15, -0.1) is 22.7 Å². The summed E-state index contributed by atoms with van der Waals surface area (Å²) in [4.78, 5) is 32.8. The van der Waals surface area contributed by atoms with Crippen molar-refractivity contribution in [3.63, 3.8) is 0 Å². The van der Waals surface area contributed by atoms with Gasteiger partial charge in [-0.2, -0.15) is 0 Å². The van der Waals surface area contributed by atoms with Crippen LogP contribution in [0.1, 0.15) is 59.6 Å². The number of carbonyl (C=O) groups is 2. The van der Waals surface area contributed by atoms with Gasteiger partial charge in [-0.3, -0.25) is 4.79 Å². The zero-order chi connectivity index (χ0) is 24.0. The highest BCUT2D eigenvalue weighted by Gasteiger charge is 2.31. The first-order chi connectivity index (χ1) is 16.4. The second-order valence-electron chi connectivity index (χ2n) is 8.61. The van der Waals surface area contributed by atoms with Crippen LogP contribution in [0.4, 0.5) is 10.7 Å². The van der Waals surface area contributed by atoms with Crippen LogP contribution in [0.5, 0.6) is 0 Å². The number of hydrogen-bond donors (Lipinski definition) is 2. The molecule has 0 fully saturated rings. The largest absolute Gasteiger partial charge is 0.465 e. The maximum Gasteiger partial charge on any atom is 0.341 e. The molecule has 3 N–H and O–H groups in total. The van der Waals surface area contributed by atoms with Crippen molar-refractivity contribution in [3.8, 4) is 0 Å². The maximum absolute atomic E-state index is 13.3. The molecule has 1 amide bonds. The quantitative estimate of drug-likeness (QED) is 0.348. The van der Waals surface area contributed by atoms with Crippen LogP contribution >= 0.6 is 22.7 Å². The van der Waals surface area contributed by atoms with Crippen molar-refractivity contribution in [2.24, 2.45) is 0 Å². The van der Waals surface area contributed by atoms with Crippen molar-refractivity contribution in [3.05, 3.63) is 74.1 Å². The number of methoxy groups -OCH3 is 1. The number of aryl methyl sites for hydroxylation is 2. The summed E-state index contributed by atoms with van der Waals surface area (Å²) in [5.74, 6) is -0.374. The molecule has 0 saturated carbocycles. The molecule has 1 unspecified atom stereocenters. The molecule has 1 aliphatic rings. The maximum atomic E-state index is 13.3. The summed E-state index contributed by atoms with van der Waals surface area (Å²) in [6.07, 6.45) is 2.54. The molecule has 1 aliphatic carbocycles. The minimum absolute atomic E-state index is 0.332. The molecule has 0 aliphatic heterocycles. The molecule has 1 atom stereocenters. The fourth-order valence-electron chi connectivity index (χ4n) is 4.80. The summed E-state index contributed by atoms with van der Waals surface area (Å²) >= 11 is 2.73. The molecule has 0 saturated heterocycles. The number of thiophene rings is 2. The van der Waals surface area contributed by atoms with Gasteiger partial charge in [0.2, 0.25) is 0 Å². The van der Waals surface area contributed by atoms with Crippen molar-refractivity contribution < 1.29 is 14.3 Å². The predicted molar refractivity (Wildman–Crippen MR) is 138 cm³/mol. The van der Waals surface area contributed by atoms with Crippen LogP contribution in [0.25, 0.3) is 10.2 Å². The van der Waals surface area contributed by atoms with Crippen LogP contribution < -0.4 is 11.1 Å². The summed E-state index contributed by atoms with van der Waals surface area (Å²) in [5, 5.41) is 4.30. The Bertz CT molecular complexity index is 1420. The zero-order valence-electron chi connectivity index (χ0n) is 19.2. The number of anilines is 2. The third kappa shape index (κ3) is 3.86. The van der Waals surface area contributed by atoms with Gasteiger partial charge in [0.25, 0.3) is 5.91 Å². The summed E-state index contributed by atoms with van der Waals surface area (Å²) < 4.78 is 5.09. The van der Waals surface area contributed by atoms with Crippen LogP contribution in [0.2, 0.25) is 0 Å². The Morgan fingerprint density at radius 2 is 1.94 bits per heavy atom. The number of rotatable bonds is 4. The van der Waals surface area contributed by atoms with Crippen molar-refractivity contribution in [1.29, 1.82) is 0 Å². The molecule has 6 nitrogen and oxygen atoms in total. The molecule has 0 spiro atoms. The van der Waals surface area contributed by atoms with Crippen molar-refractivity contribution in [2.75, 3.05) is 18.2 Å². The number of fused-ring (bicyclic) bond motifs is 2. The number of pyridine rings is 1. The average Bonchev–Trinajstić information content (AvgIpc) is 3.35. The monoisotopic (exact) mass is 491 g/mol. The summed E-state index contributed by atoms with van der Waals surface area (Å²) in [6.45, 7) is 3.89. The Morgan fingerprint density at radius 1 is 1.18 bits per heavy atom. The Balaban J connectivity index is 1.50. The lowest BCUT2D eigenvalue weighted by Crippen LogP contribution is -2.16. The molecule has 8 heteroatoms. The second-order valence-corrected chi connectivity index (χ2v) is 10.7. The van der Waals surface area contributed by atoms with Gasteiger partial charge < -0.3 is 15.8 Å². The molecule has 4 aromatic rings. The molecule has 3 heterocycles. The van der Waals surface area contributed by atoms with Gasteiger partial charge in [0.1, 0.15) is 14.7 Å². The van der Waals surface area contributed by atoms with Crippen LogP contribution in [0.15, 0.2) is 36.4 Å². The number of nitrogens with one attached hydrogen (secondary N) is 1. The third-order valence-corrected chi connectivity index (χ3v) is 8.65. The fourth-order valence-corrected chi connectivity index (χ4v) is 7.22. The molecule has 3 aromatic heterocycles. The highest BCUT2D eigenvalue weighted by molar-refractivity contribution is 7.21. The summed E-state index contributed by atoms with van der Waals surface area (Å²) in [7, 11) is 1.37. The average molecular weight is 492 g/mol. The number of amides is 1. The van der Waals surface area contributed by atoms with Gasteiger partial charge >= 0.3 is 5.97 Å². The lowest BCUT2D eigenvalue weighted by atomic mass is 9.83. The SMILES string of the molecule is COC(=O)c1c(NC(=O)c2sc3nc(C)cc(C)c3c2N)sc2c1CCC(c1ccccc1)C2. The minimum atomic E-state index is -0.427. The van der Waals surface area contributed by atoms with E-state index in [1.807, 2.05) is 26.0 Å².